The lowest BCUT2D eigenvalue weighted by molar-refractivity contribution is 0.0698. The Balaban J connectivity index is 0.000000286. The zero-order valence-corrected chi connectivity index (χ0v) is 15.0. The molecule has 0 saturated carbocycles. The molecule has 0 unspecified atom stereocenters. The second-order valence-corrected chi connectivity index (χ2v) is 6.17. The van der Waals surface area contributed by atoms with Crippen molar-refractivity contribution in [2.24, 2.45) is 0 Å². The molecular formula is C22H14N4O3. The van der Waals surface area contributed by atoms with Gasteiger partial charge in [-0.1, -0.05) is 24.3 Å². The molecule has 7 nitrogen and oxygen atoms in total. The van der Waals surface area contributed by atoms with Gasteiger partial charge in [-0.2, -0.15) is 0 Å². The SMILES string of the molecule is C#Cc1ncccc1C(=O)Nc1nc2c(C(=O)O)cccc2[nH]1.c1cc2cc-2c1. The molecule has 29 heavy (non-hydrogen) atoms. The summed E-state index contributed by atoms with van der Waals surface area (Å²) in [5.74, 6) is 0.883. The number of carbonyl (C=O) groups excluding carboxylic acids is 1. The predicted molar refractivity (Wildman–Crippen MR) is 109 cm³/mol. The van der Waals surface area contributed by atoms with E-state index in [2.05, 4.69) is 50.5 Å². The number of hydrogen-bond donors (Lipinski definition) is 3. The minimum atomic E-state index is -1.10. The average molecular weight is 382 g/mol. The number of para-hydroxylation sites is 1. The Kier molecular flexibility index (Phi) is 4.51. The van der Waals surface area contributed by atoms with Gasteiger partial charge in [0.25, 0.3) is 5.91 Å². The number of anilines is 1. The smallest absolute Gasteiger partial charge is 0.337 e. The molecule has 0 aliphatic heterocycles. The first kappa shape index (κ1) is 17.9. The Labute approximate surface area is 165 Å². The molecule has 1 aromatic carbocycles. The van der Waals surface area contributed by atoms with Gasteiger partial charge in [-0.25, -0.2) is 14.8 Å². The van der Waals surface area contributed by atoms with Crippen molar-refractivity contribution in [3.8, 4) is 23.5 Å². The summed E-state index contributed by atoms with van der Waals surface area (Å²) in [5.41, 5.74) is 4.11. The van der Waals surface area contributed by atoms with Gasteiger partial charge < -0.3 is 10.1 Å². The van der Waals surface area contributed by atoms with Gasteiger partial charge in [-0.15, -0.1) is 6.42 Å². The lowest BCUT2D eigenvalue weighted by atomic mass is 10.2. The fourth-order valence-corrected chi connectivity index (χ4v) is 2.82. The standard InChI is InChI=1S/C16H10N4O3.C6H4/c1-2-11-9(6-4-8-17-11)14(21)20-16-18-12-7-3-5-10(15(22)23)13(12)19-16;1-2-5-4-6(5)3-1/h1,3-8H,(H,22,23)(H2,18,19,20,21);1-4H. The highest BCUT2D eigenvalue weighted by Crippen LogP contribution is 2.32. The number of aromatic carboxylic acids is 1. The Morgan fingerprint density at radius 1 is 1.03 bits per heavy atom. The van der Waals surface area contributed by atoms with E-state index in [4.69, 9.17) is 11.5 Å². The number of terminal acetylenes is 1. The number of carboxylic acids is 1. The van der Waals surface area contributed by atoms with E-state index < -0.39 is 11.9 Å². The van der Waals surface area contributed by atoms with Crippen LogP contribution < -0.4 is 5.32 Å². The van der Waals surface area contributed by atoms with E-state index in [1.165, 1.54) is 23.4 Å². The van der Waals surface area contributed by atoms with Crippen molar-refractivity contribution in [3.63, 3.8) is 0 Å². The fourth-order valence-electron chi connectivity index (χ4n) is 2.82. The Bertz CT molecular complexity index is 1280. The Hall–Kier alpha value is -4.44. The van der Waals surface area contributed by atoms with Crippen LogP contribution in [0.4, 0.5) is 5.95 Å². The van der Waals surface area contributed by atoms with E-state index in [1.807, 2.05) is 0 Å². The zero-order valence-electron chi connectivity index (χ0n) is 15.0. The van der Waals surface area contributed by atoms with Crippen LogP contribution in [0.15, 0.2) is 60.8 Å². The van der Waals surface area contributed by atoms with E-state index >= 15 is 0 Å². The molecule has 0 fully saturated rings. The molecule has 0 bridgehead atoms. The van der Waals surface area contributed by atoms with Crippen LogP contribution in [0.3, 0.4) is 0 Å². The molecule has 2 aromatic heterocycles. The van der Waals surface area contributed by atoms with Crippen LogP contribution in [0.5, 0.6) is 0 Å². The predicted octanol–water partition coefficient (Wildman–Crippen LogP) is 3.56. The lowest BCUT2D eigenvalue weighted by Crippen LogP contribution is -2.15. The first-order chi connectivity index (χ1) is 14.1. The lowest BCUT2D eigenvalue weighted by Gasteiger charge is -2.03. The quantitative estimate of drug-likeness (QED) is 0.414. The highest BCUT2D eigenvalue weighted by Gasteiger charge is 2.16. The molecule has 0 radical (unpaired) electrons. The van der Waals surface area contributed by atoms with Gasteiger partial charge >= 0.3 is 5.97 Å². The van der Waals surface area contributed by atoms with E-state index in [0.717, 1.165) is 0 Å². The first-order valence-electron chi connectivity index (χ1n) is 8.62. The third kappa shape index (κ3) is 3.68. The highest BCUT2D eigenvalue weighted by atomic mass is 16.4. The van der Waals surface area contributed by atoms with Gasteiger partial charge in [0.05, 0.1) is 16.6 Å². The molecule has 2 aliphatic carbocycles. The van der Waals surface area contributed by atoms with Crippen molar-refractivity contribution >= 4 is 28.9 Å². The van der Waals surface area contributed by atoms with Crippen LogP contribution in [0.2, 0.25) is 0 Å². The summed E-state index contributed by atoms with van der Waals surface area (Å²) in [6.45, 7) is 0. The zero-order chi connectivity index (χ0) is 20.4. The molecular weight excluding hydrogens is 368 g/mol. The number of hydrogen-bond acceptors (Lipinski definition) is 4. The summed E-state index contributed by atoms with van der Waals surface area (Å²) in [5, 5.41) is 11.7. The fraction of sp³-hybridized carbons (Fsp3) is 0. The molecule has 3 aromatic rings. The van der Waals surface area contributed by atoms with Crippen molar-refractivity contribution in [2.75, 3.05) is 5.32 Å². The Morgan fingerprint density at radius 2 is 1.76 bits per heavy atom. The summed E-state index contributed by atoms with van der Waals surface area (Å²) in [4.78, 5) is 34.3. The molecule has 0 atom stereocenters. The van der Waals surface area contributed by atoms with Crippen LogP contribution in [0.1, 0.15) is 26.4 Å². The van der Waals surface area contributed by atoms with Gasteiger partial charge in [0, 0.05) is 6.20 Å². The number of rotatable bonds is 3. The van der Waals surface area contributed by atoms with Crippen LogP contribution >= 0.6 is 0 Å². The maximum Gasteiger partial charge on any atom is 0.337 e. The second kappa shape index (κ2) is 7.29. The number of carbonyl (C=O) groups is 2. The number of fused-ring (bicyclic) bond motifs is 2. The van der Waals surface area contributed by atoms with Gasteiger partial charge in [0.1, 0.15) is 11.2 Å². The number of aromatic nitrogens is 3. The number of imidazole rings is 1. The van der Waals surface area contributed by atoms with Crippen LogP contribution in [0, 0.1) is 12.3 Å². The van der Waals surface area contributed by atoms with Crippen LogP contribution in [0.25, 0.3) is 22.2 Å². The number of benzene rings is 2. The molecule has 2 aliphatic rings. The molecule has 140 valence electrons. The van der Waals surface area contributed by atoms with Gasteiger partial charge in [0.15, 0.2) is 0 Å². The summed E-state index contributed by atoms with van der Waals surface area (Å²) in [7, 11) is 0. The maximum absolute atomic E-state index is 12.3. The summed E-state index contributed by atoms with van der Waals surface area (Å²) in [6, 6.07) is 16.3. The number of nitrogens with one attached hydrogen (secondary N) is 2. The topological polar surface area (TPSA) is 108 Å². The molecule has 1 amide bonds. The summed E-state index contributed by atoms with van der Waals surface area (Å²) >= 11 is 0. The third-order valence-electron chi connectivity index (χ3n) is 4.28. The molecule has 3 N–H and O–H groups in total. The van der Waals surface area contributed by atoms with Crippen molar-refractivity contribution in [3.05, 3.63) is 77.6 Å². The molecule has 0 saturated heterocycles. The number of amides is 1. The third-order valence-corrected chi connectivity index (χ3v) is 4.28. The van der Waals surface area contributed by atoms with Crippen LogP contribution in [-0.2, 0) is 0 Å². The van der Waals surface area contributed by atoms with Crippen molar-refractivity contribution < 1.29 is 14.7 Å². The van der Waals surface area contributed by atoms with Gasteiger partial charge in [-0.3, -0.25) is 10.1 Å². The molecule has 7 heteroatoms. The van der Waals surface area contributed by atoms with E-state index in [9.17, 15) is 9.59 Å². The monoisotopic (exact) mass is 382 g/mol. The largest absolute Gasteiger partial charge is 0.478 e. The number of carboxylic acid groups (broad SMARTS) is 1. The van der Waals surface area contributed by atoms with E-state index in [0.29, 0.717) is 5.52 Å². The van der Waals surface area contributed by atoms with Crippen LogP contribution in [-0.4, -0.2) is 31.9 Å². The van der Waals surface area contributed by atoms with Crippen molar-refractivity contribution in [1.82, 2.24) is 15.0 Å². The van der Waals surface area contributed by atoms with E-state index in [-0.39, 0.29) is 28.3 Å². The number of H-pyrrole nitrogens is 1. The van der Waals surface area contributed by atoms with E-state index in [1.54, 1.807) is 24.3 Å². The van der Waals surface area contributed by atoms with Gasteiger partial charge in [-0.05, 0) is 47.4 Å². The number of nitrogens with zero attached hydrogens (tertiary/aromatic N) is 2. The van der Waals surface area contributed by atoms with Gasteiger partial charge in [0.2, 0.25) is 5.95 Å². The van der Waals surface area contributed by atoms with Crippen molar-refractivity contribution in [1.29, 1.82) is 0 Å². The summed E-state index contributed by atoms with van der Waals surface area (Å²) < 4.78 is 0. The maximum atomic E-state index is 12.3. The van der Waals surface area contributed by atoms with Crippen molar-refractivity contribution in [2.45, 2.75) is 0 Å². The molecule has 0 spiro atoms. The minimum absolute atomic E-state index is 0.0462. The second-order valence-electron chi connectivity index (χ2n) is 6.17. The molecule has 5 rings (SSSR count). The minimum Gasteiger partial charge on any atom is -0.478 e. The number of aromatic amines is 1. The molecule has 2 heterocycles. The normalized spacial score (nSPS) is 10.4. The summed E-state index contributed by atoms with van der Waals surface area (Å²) in [6.07, 6.45) is 6.81. The first-order valence-corrected chi connectivity index (χ1v) is 8.62. The highest BCUT2D eigenvalue weighted by molar-refractivity contribution is 6.06. The average Bonchev–Trinajstić information content (AvgIpc) is 3.12. The Morgan fingerprint density at radius 3 is 2.38 bits per heavy atom. The number of pyridine rings is 1.